The maximum absolute atomic E-state index is 13.5. The third kappa shape index (κ3) is 7.08. The molecule has 1 aliphatic rings. The minimum absolute atomic E-state index is 0.0161. The molecular weight excluding hydrogens is 486 g/mol. The summed E-state index contributed by atoms with van der Waals surface area (Å²) in [6, 6.07) is 11.7. The van der Waals surface area contributed by atoms with E-state index in [1.54, 1.807) is 23.3 Å². The Hall–Kier alpha value is -3.50. The topological polar surface area (TPSA) is 105 Å². The van der Waals surface area contributed by atoms with Crippen LogP contribution in [0.3, 0.4) is 0 Å². The van der Waals surface area contributed by atoms with E-state index in [1.165, 1.54) is 7.11 Å². The number of aryl methyl sites for hydroxylation is 1. The van der Waals surface area contributed by atoms with Gasteiger partial charge in [-0.15, -0.1) is 0 Å². The Morgan fingerprint density at radius 2 is 1.89 bits per heavy atom. The van der Waals surface area contributed by atoms with Gasteiger partial charge in [-0.2, -0.15) is 4.98 Å². The van der Waals surface area contributed by atoms with Crippen molar-refractivity contribution in [2.24, 2.45) is 0 Å². The van der Waals surface area contributed by atoms with Crippen LogP contribution >= 0.6 is 0 Å². The van der Waals surface area contributed by atoms with E-state index in [9.17, 15) is 9.59 Å². The summed E-state index contributed by atoms with van der Waals surface area (Å²) in [7, 11) is 1.53. The summed E-state index contributed by atoms with van der Waals surface area (Å²) in [5, 5.41) is 3.96. The first kappa shape index (κ1) is 27.5. The highest BCUT2D eigenvalue weighted by atomic mass is 16.5. The van der Waals surface area contributed by atoms with E-state index in [0.29, 0.717) is 62.4 Å². The van der Waals surface area contributed by atoms with Crippen LogP contribution in [-0.4, -0.2) is 77.7 Å². The Labute approximate surface area is 223 Å². The largest absolute Gasteiger partial charge is 0.461 e. The fourth-order valence-electron chi connectivity index (χ4n) is 4.71. The van der Waals surface area contributed by atoms with Crippen LogP contribution in [0, 0.1) is 0 Å². The van der Waals surface area contributed by atoms with Gasteiger partial charge >= 0.3 is 0 Å². The first-order valence-corrected chi connectivity index (χ1v) is 13.2. The Kier molecular flexibility index (Phi) is 9.67. The van der Waals surface area contributed by atoms with Gasteiger partial charge in [0.05, 0.1) is 6.26 Å². The molecule has 4 rings (SSSR count). The smallest absolute Gasteiger partial charge is 0.252 e. The number of benzene rings is 1. The van der Waals surface area contributed by atoms with Gasteiger partial charge < -0.3 is 23.5 Å². The summed E-state index contributed by atoms with van der Waals surface area (Å²) >= 11 is 0. The summed E-state index contributed by atoms with van der Waals surface area (Å²) in [4.78, 5) is 36.9. The van der Waals surface area contributed by atoms with Gasteiger partial charge in [0.25, 0.3) is 5.91 Å². The number of rotatable bonds is 8. The average Bonchev–Trinajstić information content (AvgIpc) is 3.59. The number of carbonyl (C=O) groups is 2. The highest BCUT2D eigenvalue weighted by Crippen LogP contribution is 2.24. The number of methoxy groups -OCH3 is 1. The molecule has 0 saturated heterocycles. The van der Waals surface area contributed by atoms with Crippen LogP contribution in [0.2, 0.25) is 0 Å². The first-order valence-electron chi connectivity index (χ1n) is 13.2. The van der Waals surface area contributed by atoms with Crippen molar-refractivity contribution in [3.8, 4) is 11.6 Å². The quantitative estimate of drug-likeness (QED) is 0.439. The minimum atomic E-state index is -0.0818. The molecule has 10 nitrogen and oxygen atoms in total. The lowest BCUT2D eigenvalue weighted by Gasteiger charge is -2.30. The zero-order chi connectivity index (χ0) is 26.9. The summed E-state index contributed by atoms with van der Waals surface area (Å²) in [5.41, 5.74) is 1.78. The van der Waals surface area contributed by atoms with E-state index in [0.717, 1.165) is 30.8 Å². The number of aromatic nitrogens is 2. The van der Waals surface area contributed by atoms with Crippen LogP contribution in [0.25, 0.3) is 11.6 Å². The van der Waals surface area contributed by atoms with Gasteiger partial charge in [-0.1, -0.05) is 23.4 Å². The van der Waals surface area contributed by atoms with E-state index in [4.69, 9.17) is 13.7 Å². The lowest BCUT2D eigenvalue weighted by Crippen LogP contribution is -2.41. The van der Waals surface area contributed by atoms with E-state index in [1.807, 2.05) is 29.2 Å². The van der Waals surface area contributed by atoms with Gasteiger partial charge in [-0.3, -0.25) is 14.5 Å². The van der Waals surface area contributed by atoms with E-state index < -0.39 is 0 Å². The number of para-hydroxylation sites is 1. The lowest BCUT2D eigenvalue weighted by atomic mass is 10.1. The van der Waals surface area contributed by atoms with Crippen LogP contribution < -0.4 is 4.90 Å². The molecular formula is C28H37N5O5. The molecule has 0 saturated carbocycles. The number of nitrogens with zero attached hydrogens (tertiary/aromatic N) is 5. The Morgan fingerprint density at radius 3 is 2.66 bits per heavy atom. The second-order valence-electron chi connectivity index (χ2n) is 9.75. The SMILES string of the molecule is COCC(=O)N1CCCN(C(C)C)CCN(C(=O)CCCc2nc(-c3ccco3)no2)Cc2ccccc21. The molecule has 0 bridgehead atoms. The predicted octanol–water partition coefficient (Wildman–Crippen LogP) is 3.77. The fraction of sp³-hybridized carbons (Fsp3) is 0.500. The zero-order valence-corrected chi connectivity index (χ0v) is 22.5. The molecule has 0 aliphatic carbocycles. The van der Waals surface area contributed by atoms with Gasteiger partial charge in [0, 0.05) is 64.4 Å². The molecule has 0 radical (unpaired) electrons. The Balaban J connectivity index is 1.48. The van der Waals surface area contributed by atoms with Gasteiger partial charge in [0.1, 0.15) is 6.61 Å². The highest BCUT2D eigenvalue weighted by Gasteiger charge is 2.24. The number of hydrogen-bond acceptors (Lipinski definition) is 8. The summed E-state index contributed by atoms with van der Waals surface area (Å²) in [5.74, 6) is 1.41. The second kappa shape index (κ2) is 13.3. The van der Waals surface area contributed by atoms with Crippen LogP contribution in [-0.2, 0) is 27.3 Å². The monoisotopic (exact) mass is 523 g/mol. The van der Waals surface area contributed by atoms with Crippen LogP contribution in [0.5, 0.6) is 0 Å². The Morgan fingerprint density at radius 1 is 1.05 bits per heavy atom. The molecule has 0 unspecified atom stereocenters. The molecule has 38 heavy (non-hydrogen) atoms. The molecule has 2 aromatic heterocycles. The number of anilines is 1. The molecule has 3 heterocycles. The third-order valence-corrected chi connectivity index (χ3v) is 6.77. The highest BCUT2D eigenvalue weighted by molar-refractivity contribution is 5.95. The van der Waals surface area contributed by atoms with E-state index in [-0.39, 0.29) is 18.4 Å². The summed E-state index contributed by atoms with van der Waals surface area (Å²) in [6.07, 6.45) is 3.84. The molecule has 204 valence electrons. The van der Waals surface area contributed by atoms with Crippen molar-refractivity contribution >= 4 is 17.5 Å². The van der Waals surface area contributed by atoms with Crippen LogP contribution in [0.4, 0.5) is 5.69 Å². The van der Waals surface area contributed by atoms with Gasteiger partial charge in [0.2, 0.25) is 17.6 Å². The van der Waals surface area contributed by atoms with Crippen molar-refractivity contribution in [3.05, 3.63) is 54.1 Å². The average molecular weight is 524 g/mol. The van der Waals surface area contributed by atoms with Crippen LogP contribution in [0.15, 0.2) is 51.6 Å². The zero-order valence-electron chi connectivity index (χ0n) is 22.5. The standard InChI is InChI=1S/C28H37N5O5/c1-21(2)31-14-8-15-33(27(35)20-36-3)23-10-5-4-9-22(23)19-32(17-16-31)26(34)13-6-12-25-29-28(30-38-25)24-11-7-18-37-24/h4-5,7,9-11,18,21H,6,8,12-17,19-20H2,1-3H3. The summed E-state index contributed by atoms with van der Waals surface area (Å²) in [6.45, 7) is 7.59. The number of ether oxygens (including phenoxy) is 1. The predicted molar refractivity (Wildman–Crippen MR) is 142 cm³/mol. The molecule has 0 spiro atoms. The number of hydrogen-bond donors (Lipinski definition) is 0. The number of fused-ring (bicyclic) bond motifs is 1. The van der Waals surface area contributed by atoms with Crippen molar-refractivity contribution in [1.82, 2.24) is 19.9 Å². The van der Waals surface area contributed by atoms with E-state index in [2.05, 4.69) is 28.9 Å². The van der Waals surface area contributed by atoms with Crippen molar-refractivity contribution in [2.45, 2.75) is 52.1 Å². The molecule has 0 atom stereocenters. The van der Waals surface area contributed by atoms with Gasteiger partial charge in [-0.05, 0) is 50.5 Å². The number of amides is 2. The van der Waals surface area contributed by atoms with Gasteiger partial charge in [-0.25, -0.2) is 0 Å². The van der Waals surface area contributed by atoms with Crippen molar-refractivity contribution < 1.29 is 23.3 Å². The minimum Gasteiger partial charge on any atom is -0.461 e. The normalized spacial score (nSPS) is 15.4. The Bertz CT molecular complexity index is 1180. The molecule has 1 aliphatic heterocycles. The first-order chi connectivity index (χ1) is 18.5. The maximum Gasteiger partial charge on any atom is 0.252 e. The van der Waals surface area contributed by atoms with E-state index >= 15 is 0 Å². The fourth-order valence-corrected chi connectivity index (χ4v) is 4.71. The third-order valence-electron chi connectivity index (χ3n) is 6.77. The number of furan rings is 1. The number of carbonyl (C=O) groups excluding carboxylic acids is 2. The molecule has 0 fully saturated rings. The molecule has 1 aromatic carbocycles. The van der Waals surface area contributed by atoms with Crippen LogP contribution in [0.1, 0.15) is 44.6 Å². The van der Waals surface area contributed by atoms with Gasteiger partial charge in [0.15, 0.2) is 5.76 Å². The lowest BCUT2D eigenvalue weighted by molar-refractivity contribution is -0.132. The second-order valence-corrected chi connectivity index (χ2v) is 9.75. The molecule has 10 heteroatoms. The van der Waals surface area contributed by atoms with Crippen molar-refractivity contribution in [2.75, 3.05) is 44.8 Å². The van der Waals surface area contributed by atoms with Crippen molar-refractivity contribution in [3.63, 3.8) is 0 Å². The molecule has 0 N–H and O–H groups in total. The maximum atomic E-state index is 13.5. The molecule has 2 amide bonds. The van der Waals surface area contributed by atoms with Crippen molar-refractivity contribution in [1.29, 1.82) is 0 Å². The summed E-state index contributed by atoms with van der Waals surface area (Å²) < 4.78 is 15.8. The molecule has 3 aromatic rings.